The first-order valence-corrected chi connectivity index (χ1v) is 9.28. The summed E-state index contributed by atoms with van der Waals surface area (Å²) in [5.41, 5.74) is 4.24. The van der Waals surface area contributed by atoms with Gasteiger partial charge in [-0.25, -0.2) is 0 Å². The van der Waals surface area contributed by atoms with Gasteiger partial charge in [-0.05, 0) is 35.3 Å². The van der Waals surface area contributed by atoms with Crippen molar-refractivity contribution >= 4 is 23.1 Å². The first kappa shape index (κ1) is 16.9. The Morgan fingerprint density at radius 3 is 2.35 bits per heavy atom. The SMILES string of the molecule is OC(c1cccnc1)c1c(-c2ccc(Cl)cc2)nsc1-c1ccccc1. The number of aliphatic hydroxyl groups excluding tert-OH is 1. The van der Waals surface area contributed by atoms with Crippen LogP contribution in [0.4, 0.5) is 0 Å². The van der Waals surface area contributed by atoms with Gasteiger partial charge < -0.3 is 5.11 Å². The summed E-state index contributed by atoms with van der Waals surface area (Å²) in [4.78, 5) is 5.09. The van der Waals surface area contributed by atoms with Crippen molar-refractivity contribution < 1.29 is 5.11 Å². The van der Waals surface area contributed by atoms with E-state index in [-0.39, 0.29) is 0 Å². The molecule has 0 spiro atoms. The third-order valence-electron chi connectivity index (χ3n) is 4.16. The Balaban J connectivity index is 1.90. The highest BCUT2D eigenvalue weighted by atomic mass is 35.5. The quantitative estimate of drug-likeness (QED) is 0.502. The predicted octanol–water partition coefficient (Wildman–Crippen LogP) is 5.61. The average molecular weight is 379 g/mol. The lowest BCUT2D eigenvalue weighted by molar-refractivity contribution is 0.221. The molecular weight excluding hydrogens is 364 g/mol. The molecule has 4 aromatic rings. The van der Waals surface area contributed by atoms with E-state index in [0.29, 0.717) is 5.02 Å². The fraction of sp³-hybridized carbons (Fsp3) is 0.0476. The van der Waals surface area contributed by atoms with E-state index in [0.717, 1.165) is 32.8 Å². The van der Waals surface area contributed by atoms with E-state index in [9.17, 15) is 5.11 Å². The summed E-state index contributed by atoms with van der Waals surface area (Å²) in [6.45, 7) is 0. The molecule has 2 heterocycles. The third kappa shape index (κ3) is 3.27. The molecule has 4 rings (SSSR count). The van der Waals surface area contributed by atoms with Crippen molar-refractivity contribution in [3.63, 3.8) is 0 Å². The van der Waals surface area contributed by atoms with Crippen molar-refractivity contribution in [2.45, 2.75) is 6.10 Å². The molecule has 2 aromatic heterocycles. The molecule has 0 radical (unpaired) electrons. The van der Waals surface area contributed by atoms with Gasteiger partial charge in [0, 0.05) is 34.1 Å². The van der Waals surface area contributed by atoms with Crippen LogP contribution in [0.1, 0.15) is 17.2 Å². The van der Waals surface area contributed by atoms with Crippen molar-refractivity contribution in [1.82, 2.24) is 9.36 Å². The number of aliphatic hydroxyl groups is 1. The second-order valence-corrected chi connectivity index (χ2v) is 7.05. The van der Waals surface area contributed by atoms with Gasteiger partial charge in [0.15, 0.2) is 0 Å². The maximum Gasteiger partial charge on any atom is 0.109 e. The molecule has 3 nitrogen and oxygen atoms in total. The van der Waals surface area contributed by atoms with E-state index in [1.54, 1.807) is 12.4 Å². The Morgan fingerprint density at radius 1 is 0.885 bits per heavy atom. The number of aromatic nitrogens is 2. The van der Waals surface area contributed by atoms with E-state index in [2.05, 4.69) is 9.36 Å². The van der Waals surface area contributed by atoms with Crippen molar-refractivity contribution in [2.24, 2.45) is 0 Å². The molecule has 5 heteroatoms. The van der Waals surface area contributed by atoms with Crippen LogP contribution in [0.3, 0.4) is 0 Å². The molecule has 0 bridgehead atoms. The van der Waals surface area contributed by atoms with Gasteiger partial charge in [-0.2, -0.15) is 4.37 Å². The first-order chi connectivity index (χ1) is 12.7. The zero-order chi connectivity index (χ0) is 17.9. The van der Waals surface area contributed by atoms with E-state index < -0.39 is 6.10 Å². The summed E-state index contributed by atoms with van der Waals surface area (Å²) >= 11 is 7.41. The number of halogens is 1. The topological polar surface area (TPSA) is 46.0 Å². The van der Waals surface area contributed by atoms with Crippen molar-refractivity contribution in [3.8, 4) is 21.7 Å². The third-order valence-corrected chi connectivity index (χ3v) is 5.32. The van der Waals surface area contributed by atoms with Crippen LogP contribution < -0.4 is 0 Å². The van der Waals surface area contributed by atoms with Crippen LogP contribution in [0.5, 0.6) is 0 Å². The molecular formula is C21H15ClN2OS. The van der Waals surface area contributed by atoms with Gasteiger partial charge >= 0.3 is 0 Å². The molecule has 0 saturated carbocycles. The highest BCUT2D eigenvalue weighted by molar-refractivity contribution is 7.10. The molecule has 26 heavy (non-hydrogen) atoms. The highest BCUT2D eigenvalue weighted by Gasteiger charge is 2.24. The van der Waals surface area contributed by atoms with Gasteiger partial charge in [0.2, 0.25) is 0 Å². The van der Waals surface area contributed by atoms with E-state index in [4.69, 9.17) is 11.6 Å². The minimum atomic E-state index is -0.816. The van der Waals surface area contributed by atoms with E-state index in [1.165, 1.54) is 11.5 Å². The van der Waals surface area contributed by atoms with Crippen LogP contribution in [0.25, 0.3) is 21.7 Å². The van der Waals surface area contributed by atoms with Crippen LogP contribution in [-0.4, -0.2) is 14.5 Å². The van der Waals surface area contributed by atoms with E-state index >= 15 is 0 Å². The molecule has 1 atom stereocenters. The zero-order valence-electron chi connectivity index (χ0n) is 13.7. The van der Waals surface area contributed by atoms with Gasteiger partial charge in [-0.3, -0.25) is 4.98 Å². The fourth-order valence-corrected chi connectivity index (χ4v) is 3.93. The number of hydrogen-bond acceptors (Lipinski definition) is 4. The average Bonchev–Trinajstić information content (AvgIpc) is 3.14. The Bertz CT molecular complexity index is 1000. The molecule has 128 valence electrons. The monoisotopic (exact) mass is 378 g/mol. The Kier molecular flexibility index (Phi) is 4.80. The molecule has 0 aliphatic rings. The molecule has 0 amide bonds. The number of nitrogens with zero attached hydrogens (tertiary/aromatic N) is 2. The summed E-state index contributed by atoms with van der Waals surface area (Å²) in [6.07, 6.45) is 2.56. The Hall–Kier alpha value is -2.53. The van der Waals surface area contributed by atoms with E-state index in [1.807, 2.05) is 66.7 Å². The lowest BCUT2D eigenvalue weighted by Crippen LogP contribution is -2.02. The van der Waals surface area contributed by atoms with Crippen molar-refractivity contribution in [3.05, 3.63) is 95.3 Å². The molecule has 1 N–H and O–H groups in total. The standard InChI is InChI=1S/C21H15ClN2OS/c22-17-10-8-14(9-11-17)19-18(20(25)16-7-4-12-23-13-16)21(26-24-19)15-5-2-1-3-6-15/h1-13,20,25H. The normalized spacial score (nSPS) is 12.1. The van der Waals surface area contributed by atoms with Gasteiger partial charge in [0.25, 0.3) is 0 Å². The van der Waals surface area contributed by atoms with Gasteiger partial charge in [0.1, 0.15) is 6.10 Å². The molecule has 0 fully saturated rings. The van der Waals surface area contributed by atoms with Crippen LogP contribution >= 0.6 is 23.1 Å². The van der Waals surface area contributed by atoms with Crippen molar-refractivity contribution in [2.75, 3.05) is 0 Å². The fourth-order valence-electron chi connectivity index (χ4n) is 2.87. The smallest absolute Gasteiger partial charge is 0.109 e. The molecule has 0 saturated heterocycles. The Morgan fingerprint density at radius 2 is 1.65 bits per heavy atom. The van der Waals surface area contributed by atoms with Gasteiger partial charge in [-0.15, -0.1) is 0 Å². The lowest BCUT2D eigenvalue weighted by Gasteiger charge is -2.14. The largest absolute Gasteiger partial charge is 0.383 e. The number of pyridine rings is 1. The molecule has 0 aliphatic heterocycles. The van der Waals surface area contributed by atoms with Crippen LogP contribution in [0, 0.1) is 0 Å². The lowest BCUT2D eigenvalue weighted by atomic mass is 9.95. The maximum atomic E-state index is 11.1. The van der Waals surface area contributed by atoms with Gasteiger partial charge in [0.05, 0.1) is 10.6 Å². The minimum Gasteiger partial charge on any atom is -0.383 e. The highest BCUT2D eigenvalue weighted by Crippen LogP contribution is 2.41. The maximum absolute atomic E-state index is 11.1. The van der Waals surface area contributed by atoms with Gasteiger partial charge in [-0.1, -0.05) is 60.1 Å². The van der Waals surface area contributed by atoms with Crippen LogP contribution in [0.2, 0.25) is 5.02 Å². The summed E-state index contributed by atoms with van der Waals surface area (Å²) < 4.78 is 4.66. The van der Waals surface area contributed by atoms with Crippen LogP contribution in [-0.2, 0) is 0 Å². The summed E-state index contributed by atoms with van der Waals surface area (Å²) in [7, 11) is 0. The summed E-state index contributed by atoms with van der Waals surface area (Å²) in [6, 6.07) is 21.2. The zero-order valence-corrected chi connectivity index (χ0v) is 15.3. The molecule has 1 unspecified atom stereocenters. The first-order valence-electron chi connectivity index (χ1n) is 8.13. The minimum absolute atomic E-state index is 0.668. The number of hydrogen-bond donors (Lipinski definition) is 1. The summed E-state index contributed by atoms with van der Waals surface area (Å²) in [5, 5.41) is 11.8. The van der Waals surface area contributed by atoms with Crippen molar-refractivity contribution in [1.29, 1.82) is 0 Å². The molecule has 0 aliphatic carbocycles. The van der Waals surface area contributed by atoms with Crippen LogP contribution in [0.15, 0.2) is 79.1 Å². The number of benzene rings is 2. The second kappa shape index (κ2) is 7.38. The second-order valence-electron chi connectivity index (χ2n) is 5.84. The Labute approximate surface area is 160 Å². The summed E-state index contributed by atoms with van der Waals surface area (Å²) in [5.74, 6) is 0. The predicted molar refractivity (Wildman–Crippen MR) is 106 cm³/mol. The number of rotatable bonds is 4. The molecule has 2 aromatic carbocycles.